The summed E-state index contributed by atoms with van der Waals surface area (Å²) in [5.74, 6) is 2.98. The first-order valence-electron chi connectivity index (χ1n) is 10.1. The molecular formula is C24H18N4O4. The van der Waals surface area contributed by atoms with E-state index in [9.17, 15) is 5.11 Å². The molecule has 0 saturated carbocycles. The number of aromatic nitrogens is 4. The number of aromatic hydroxyl groups is 1. The summed E-state index contributed by atoms with van der Waals surface area (Å²) in [7, 11) is 1.64. The molecule has 0 bridgehead atoms. The van der Waals surface area contributed by atoms with E-state index in [1.807, 2.05) is 42.5 Å². The van der Waals surface area contributed by atoms with Gasteiger partial charge in [0.15, 0.2) is 11.5 Å². The monoisotopic (exact) mass is 426 g/mol. The van der Waals surface area contributed by atoms with Crippen molar-refractivity contribution in [1.82, 2.24) is 19.6 Å². The number of rotatable bonds is 4. The van der Waals surface area contributed by atoms with Gasteiger partial charge >= 0.3 is 0 Å². The fraction of sp³-hybridized carbons (Fsp3) is 0.125. The minimum atomic E-state index is -0.293. The van der Waals surface area contributed by atoms with Gasteiger partial charge < -0.3 is 19.0 Å². The van der Waals surface area contributed by atoms with E-state index in [4.69, 9.17) is 18.9 Å². The van der Waals surface area contributed by atoms with Crippen LogP contribution in [0.1, 0.15) is 34.2 Å². The molecule has 1 N–H and O–H groups in total. The first-order chi connectivity index (χ1) is 15.7. The zero-order valence-electron chi connectivity index (χ0n) is 17.1. The number of phenols is 1. The molecule has 2 aromatic carbocycles. The van der Waals surface area contributed by atoms with E-state index in [1.54, 1.807) is 36.3 Å². The zero-order valence-corrected chi connectivity index (χ0v) is 17.1. The summed E-state index contributed by atoms with van der Waals surface area (Å²) in [5, 5.41) is 14.6. The quantitative estimate of drug-likeness (QED) is 0.449. The maximum atomic E-state index is 9.94. The maximum absolute atomic E-state index is 9.94. The fourth-order valence-electron chi connectivity index (χ4n) is 4.10. The Balaban J connectivity index is 1.48. The number of ether oxygens (including phenoxy) is 2. The van der Waals surface area contributed by atoms with Gasteiger partial charge in [0.25, 0.3) is 0 Å². The smallest absolute Gasteiger partial charge is 0.228 e. The predicted octanol–water partition coefficient (Wildman–Crippen LogP) is 4.31. The molecule has 0 fully saturated rings. The number of benzene rings is 2. The number of hydrogen-bond donors (Lipinski definition) is 1. The second kappa shape index (κ2) is 7.12. The summed E-state index contributed by atoms with van der Waals surface area (Å²) < 4.78 is 18.7. The summed E-state index contributed by atoms with van der Waals surface area (Å²) in [5.41, 5.74) is 3.36. The standard InChI is InChI=1S/C24H18N4O4/c1-30-16-7-4-14(5-8-16)11-20-26-23-22-21(18-3-2-10-31-18)17-9-6-15(29)12-19(17)32-24(22)25-13-28(23)27-20/h2-10,12-13,21,29H,11H2,1H3/t21-/m1/s1. The maximum Gasteiger partial charge on any atom is 0.228 e. The molecule has 0 amide bonds. The minimum Gasteiger partial charge on any atom is -0.508 e. The number of hydrogen-bond acceptors (Lipinski definition) is 7. The van der Waals surface area contributed by atoms with Gasteiger partial charge in [-0.1, -0.05) is 18.2 Å². The normalized spacial score (nSPS) is 14.6. The molecule has 1 atom stereocenters. The molecule has 6 rings (SSSR count). The van der Waals surface area contributed by atoms with Crippen LogP contribution in [-0.2, 0) is 6.42 Å². The first kappa shape index (κ1) is 18.4. The van der Waals surface area contributed by atoms with Gasteiger partial charge in [-0.05, 0) is 35.9 Å². The Labute approximate surface area is 182 Å². The molecule has 0 saturated heterocycles. The third-order valence-corrected chi connectivity index (χ3v) is 5.58. The largest absolute Gasteiger partial charge is 0.508 e. The summed E-state index contributed by atoms with van der Waals surface area (Å²) in [6.45, 7) is 0. The number of nitrogens with zero attached hydrogens (tertiary/aromatic N) is 4. The van der Waals surface area contributed by atoms with Gasteiger partial charge in [0, 0.05) is 18.1 Å². The summed E-state index contributed by atoms with van der Waals surface area (Å²) >= 11 is 0. The second-order valence-corrected chi connectivity index (χ2v) is 7.56. The Morgan fingerprint density at radius 3 is 2.78 bits per heavy atom. The average Bonchev–Trinajstić information content (AvgIpc) is 3.47. The lowest BCUT2D eigenvalue weighted by Crippen LogP contribution is -2.14. The highest BCUT2D eigenvalue weighted by molar-refractivity contribution is 5.65. The summed E-state index contributed by atoms with van der Waals surface area (Å²) in [6.07, 6.45) is 3.79. The molecule has 4 heterocycles. The van der Waals surface area contributed by atoms with E-state index in [-0.39, 0.29) is 11.7 Å². The highest BCUT2D eigenvalue weighted by atomic mass is 16.5. The van der Waals surface area contributed by atoms with Crippen molar-refractivity contribution in [3.05, 3.63) is 95.5 Å². The Hall–Kier alpha value is -4.33. The Bertz CT molecular complexity index is 1420. The van der Waals surface area contributed by atoms with Gasteiger partial charge in [-0.25, -0.2) is 14.5 Å². The molecule has 1 aliphatic heterocycles. The lowest BCUT2D eigenvalue weighted by molar-refractivity contribution is 0.409. The Morgan fingerprint density at radius 2 is 2.00 bits per heavy atom. The van der Waals surface area contributed by atoms with Gasteiger partial charge in [0.1, 0.15) is 29.3 Å². The van der Waals surface area contributed by atoms with Crippen LogP contribution in [0.3, 0.4) is 0 Å². The molecule has 0 radical (unpaired) electrons. The summed E-state index contributed by atoms with van der Waals surface area (Å²) in [4.78, 5) is 9.30. The van der Waals surface area contributed by atoms with Crippen LogP contribution >= 0.6 is 0 Å². The average molecular weight is 426 g/mol. The molecule has 5 aromatic rings. The van der Waals surface area contributed by atoms with Crippen LogP contribution < -0.4 is 9.47 Å². The van der Waals surface area contributed by atoms with Crippen LogP contribution in [0.15, 0.2) is 71.6 Å². The van der Waals surface area contributed by atoms with E-state index < -0.39 is 0 Å². The lowest BCUT2D eigenvalue weighted by atomic mass is 9.87. The molecule has 0 spiro atoms. The Kier molecular flexibility index (Phi) is 4.10. The van der Waals surface area contributed by atoms with Crippen LogP contribution in [0, 0.1) is 0 Å². The predicted molar refractivity (Wildman–Crippen MR) is 114 cm³/mol. The lowest BCUT2D eigenvalue weighted by Gasteiger charge is -2.26. The molecule has 32 heavy (non-hydrogen) atoms. The van der Waals surface area contributed by atoms with Crippen molar-refractivity contribution >= 4 is 5.65 Å². The van der Waals surface area contributed by atoms with Gasteiger partial charge in [-0.3, -0.25) is 0 Å². The summed E-state index contributed by atoms with van der Waals surface area (Å²) in [6, 6.07) is 16.6. The number of fused-ring (bicyclic) bond motifs is 4. The van der Waals surface area contributed by atoms with Crippen molar-refractivity contribution < 1.29 is 19.0 Å². The topological polar surface area (TPSA) is 94.9 Å². The number of furan rings is 1. The van der Waals surface area contributed by atoms with E-state index in [0.29, 0.717) is 29.5 Å². The fourth-order valence-corrected chi connectivity index (χ4v) is 4.10. The van der Waals surface area contributed by atoms with E-state index in [0.717, 1.165) is 28.2 Å². The second-order valence-electron chi connectivity index (χ2n) is 7.56. The van der Waals surface area contributed by atoms with Crippen molar-refractivity contribution in [2.24, 2.45) is 0 Å². The van der Waals surface area contributed by atoms with Crippen molar-refractivity contribution in [3.63, 3.8) is 0 Å². The van der Waals surface area contributed by atoms with Crippen molar-refractivity contribution in [2.45, 2.75) is 12.3 Å². The van der Waals surface area contributed by atoms with Crippen LogP contribution in [-0.4, -0.2) is 31.8 Å². The van der Waals surface area contributed by atoms with Crippen LogP contribution in [0.2, 0.25) is 0 Å². The third kappa shape index (κ3) is 2.96. The molecule has 0 unspecified atom stereocenters. The van der Waals surface area contributed by atoms with Crippen LogP contribution in [0.25, 0.3) is 5.65 Å². The molecule has 1 aliphatic rings. The van der Waals surface area contributed by atoms with E-state index in [1.165, 1.54) is 0 Å². The molecule has 8 nitrogen and oxygen atoms in total. The van der Waals surface area contributed by atoms with Gasteiger partial charge in [-0.2, -0.15) is 0 Å². The van der Waals surface area contributed by atoms with Gasteiger partial charge in [0.05, 0.1) is 24.9 Å². The first-order valence-corrected chi connectivity index (χ1v) is 10.1. The Morgan fingerprint density at radius 1 is 1.12 bits per heavy atom. The van der Waals surface area contributed by atoms with Crippen molar-refractivity contribution in [3.8, 4) is 23.1 Å². The van der Waals surface area contributed by atoms with Crippen LogP contribution in [0.5, 0.6) is 23.1 Å². The van der Waals surface area contributed by atoms with E-state index in [2.05, 4.69) is 10.1 Å². The molecule has 3 aromatic heterocycles. The highest BCUT2D eigenvalue weighted by Crippen LogP contribution is 2.48. The number of methoxy groups -OCH3 is 1. The van der Waals surface area contributed by atoms with Crippen molar-refractivity contribution in [1.29, 1.82) is 0 Å². The van der Waals surface area contributed by atoms with Crippen LogP contribution in [0.4, 0.5) is 0 Å². The number of phenolic OH excluding ortho intramolecular Hbond substituents is 1. The van der Waals surface area contributed by atoms with Gasteiger partial charge in [-0.15, -0.1) is 5.10 Å². The van der Waals surface area contributed by atoms with Gasteiger partial charge in [0.2, 0.25) is 5.88 Å². The molecule has 158 valence electrons. The third-order valence-electron chi connectivity index (χ3n) is 5.58. The SMILES string of the molecule is COc1ccc(Cc2nc3c4c(ncn3n2)Oc2cc(O)ccc2[C@@H]4c2ccco2)cc1. The molecule has 0 aliphatic carbocycles. The molecule has 8 heteroatoms. The molecular weight excluding hydrogens is 408 g/mol. The minimum absolute atomic E-state index is 0.121. The highest BCUT2D eigenvalue weighted by Gasteiger charge is 2.35. The van der Waals surface area contributed by atoms with E-state index >= 15 is 0 Å². The zero-order chi connectivity index (χ0) is 21.7. The van der Waals surface area contributed by atoms with Crippen molar-refractivity contribution in [2.75, 3.05) is 7.11 Å².